The van der Waals surface area contributed by atoms with E-state index >= 15 is 0 Å². The van der Waals surface area contributed by atoms with Crippen molar-refractivity contribution >= 4 is 86.9 Å². The first-order chi connectivity index (χ1) is 23.8. The van der Waals surface area contributed by atoms with Crippen molar-refractivity contribution in [1.29, 1.82) is 0 Å². The van der Waals surface area contributed by atoms with E-state index in [1.54, 1.807) is 0 Å². The van der Waals surface area contributed by atoms with Crippen LogP contribution in [0.25, 0.3) is 11.3 Å². The largest absolute Gasteiger partial charge is 0.512 e. The number of nitrogen functional groups attached to an aromatic ring is 1. The van der Waals surface area contributed by atoms with Gasteiger partial charge in [-0.1, -0.05) is 16.9 Å². The van der Waals surface area contributed by atoms with Crippen LogP contribution >= 0.6 is 46.2 Å². The number of nitrogens with one attached hydrogen (secondary N) is 1. The fourth-order valence-electron chi connectivity index (χ4n) is 4.80. The zero-order valence-electron chi connectivity index (χ0n) is 25.1. The predicted octanol–water partition coefficient (Wildman–Crippen LogP) is 2.32. The van der Waals surface area contributed by atoms with E-state index in [1.165, 1.54) is 35.3 Å². The number of aliphatic carboxylic acids is 2. The number of amides is 2. The number of rotatable bonds is 13. The number of carboxylic acids is 2. The summed E-state index contributed by atoms with van der Waals surface area (Å²) in [4.78, 5) is 76.7. The van der Waals surface area contributed by atoms with Gasteiger partial charge in [0.15, 0.2) is 26.7 Å². The summed E-state index contributed by atoms with van der Waals surface area (Å²) in [5.41, 5.74) is 4.80. The summed E-state index contributed by atoms with van der Waals surface area (Å²) in [6, 6.07) is 2.83. The van der Waals surface area contributed by atoms with E-state index in [0.717, 1.165) is 39.3 Å². The Bertz CT molecular complexity index is 1990. The topological polar surface area (TPSA) is 284 Å². The summed E-state index contributed by atoms with van der Waals surface area (Å²) < 4.78 is 5.45. The molecule has 1 aliphatic carbocycles. The Morgan fingerprint density at radius 3 is 2.52 bits per heavy atom. The van der Waals surface area contributed by atoms with Crippen molar-refractivity contribution in [2.24, 2.45) is 5.16 Å². The van der Waals surface area contributed by atoms with Crippen LogP contribution in [0.5, 0.6) is 11.5 Å². The van der Waals surface area contributed by atoms with Crippen molar-refractivity contribution in [1.82, 2.24) is 20.2 Å². The molecule has 3 aliphatic rings. The number of aromatic hydroxyl groups is 2. The van der Waals surface area contributed by atoms with Crippen LogP contribution in [0.2, 0.25) is 0 Å². The number of benzene rings is 1. The number of hydrogen-bond acceptors (Lipinski definition) is 17. The highest BCUT2D eigenvalue weighted by Gasteiger charge is 2.56. The van der Waals surface area contributed by atoms with Gasteiger partial charge in [0.05, 0.1) is 12.1 Å². The number of carbonyl (C=O) groups excluding carboxylic acids is 2. The number of fused-ring (bicyclic) bond motifs is 1. The van der Waals surface area contributed by atoms with Crippen LogP contribution in [0.15, 0.2) is 44.5 Å². The average Bonchev–Trinajstić information content (AvgIpc) is 3.58. The molecule has 50 heavy (non-hydrogen) atoms. The molecular formula is C28H24N6O12S4. The van der Waals surface area contributed by atoms with Gasteiger partial charge in [0.25, 0.3) is 11.8 Å². The van der Waals surface area contributed by atoms with Crippen molar-refractivity contribution in [2.75, 3.05) is 17.2 Å². The number of phenolic OH excluding ortho intramolecular Hbond substituents is 2. The number of nitrogens with zero attached hydrogens (tertiary/aromatic N) is 4. The molecule has 0 bridgehead atoms. The molecule has 22 heteroatoms. The smallest absolute Gasteiger partial charge is 0.504 e. The lowest BCUT2D eigenvalue weighted by molar-refractivity contribution is -0.153. The lowest BCUT2D eigenvalue weighted by atomic mass is 10.1. The third kappa shape index (κ3) is 6.99. The van der Waals surface area contributed by atoms with Gasteiger partial charge in [-0.15, -0.1) is 34.4 Å². The fraction of sp³-hybridized carbons (Fsp3) is 0.286. The van der Waals surface area contributed by atoms with E-state index in [1.807, 2.05) is 0 Å². The van der Waals surface area contributed by atoms with Crippen LogP contribution in [0.3, 0.4) is 0 Å². The van der Waals surface area contributed by atoms with Crippen molar-refractivity contribution in [3.8, 4) is 22.8 Å². The summed E-state index contributed by atoms with van der Waals surface area (Å²) in [7, 11) is 0. The molecule has 1 aromatic carbocycles. The van der Waals surface area contributed by atoms with Gasteiger partial charge >= 0.3 is 18.1 Å². The number of anilines is 1. The Kier molecular flexibility index (Phi) is 9.52. The van der Waals surface area contributed by atoms with E-state index in [-0.39, 0.29) is 58.9 Å². The molecule has 8 N–H and O–H groups in total. The molecule has 2 atom stereocenters. The van der Waals surface area contributed by atoms with Crippen LogP contribution in [0.1, 0.15) is 23.4 Å². The molecule has 0 spiro atoms. The molecule has 1 saturated carbocycles. The lowest BCUT2D eigenvalue weighted by Gasteiger charge is -2.49. The zero-order chi connectivity index (χ0) is 35.9. The summed E-state index contributed by atoms with van der Waals surface area (Å²) in [5, 5.41) is 55.0. The van der Waals surface area contributed by atoms with Crippen LogP contribution in [0, 0.1) is 0 Å². The number of thiazole rings is 2. The average molecular weight is 765 g/mol. The molecule has 0 radical (unpaired) electrons. The summed E-state index contributed by atoms with van der Waals surface area (Å²) in [6.07, 6.45) is -1.68. The van der Waals surface area contributed by atoms with Gasteiger partial charge in [0.2, 0.25) is 11.5 Å². The number of ether oxygens (including phenoxy) is 1. The van der Waals surface area contributed by atoms with Crippen molar-refractivity contribution in [3.63, 3.8) is 0 Å². The van der Waals surface area contributed by atoms with Gasteiger partial charge in [0, 0.05) is 45.7 Å². The van der Waals surface area contributed by atoms with Crippen molar-refractivity contribution in [2.45, 2.75) is 40.6 Å². The van der Waals surface area contributed by atoms with E-state index in [0.29, 0.717) is 20.4 Å². The third-order valence-electron chi connectivity index (χ3n) is 7.46. The maximum absolute atomic E-state index is 13.4. The van der Waals surface area contributed by atoms with Gasteiger partial charge in [-0.3, -0.25) is 19.3 Å². The maximum Gasteiger partial charge on any atom is 0.512 e. The maximum atomic E-state index is 13.4. The highest BCUT2D eigenvalue weighted by Crippen LogP contribution is 2.44. The molecule has 2 aliphatic heterocycles. The molecule has 6 rings (SSSR count). The number of hydrogen-bond donors (Lipinski definition) is 7. The Morgan fingerprint density at radius 2 is 1.90 bits per heavy atom. The molecule has 2 aromatic heterocycles. The number of β-lactam (4-membered cyclic amide) rings is 1. The van der Waals surface area contributed by atoms with E-state index in [4.69, 9.17) is 15.3 Å². The lowest BCUT2D eigenvalue weighted by Crippen LogP contribution is -2.70. The quantitative estimate of drug-likeness (QED) is 0.0328. The van der Waals surface area contributed by atoms with E-state index < -0.39 is 58.4 Å². The van der Waals surface area contributed by atoms with Crippen LogP contribution in [-0.2, 0) is 35.2 Å². The molecule has 0 unspecified atom stereocenters. The van der Waals surface area contributed by atoms with Crippen molar-refractivity contribution in [3.05, 3.63) is 45.6 Å². The second-order valence-corrected chi connectivity index (χ2v) is 15.2. The van der Waals surface area contributed by atoms with E-state index in [9.17, 15) is 49.5 Å². The first kappa shape index (κ1) is 34.8. The molecule has 4 heterocycles. The monoisotopic (exact) mass is 764 g/mol. The molecule has 1 saturated heterocycles. The second-order valence-electron chi connectivity index (χ2n) is 10.9. The molecule has 2 fully saturated rings. The van der Waals surface area contributed by atoms with Crippen LogP contribution in [0.4, 0.5) is 9.93 Å². The predicted molar refractivity (Wildman–Crippen MR) is 178 cm³/mol. The Hall–Kier alpha value is -5.06. The number of carboxylic acid groups (broad SMARTS) is 3. The van der Waals surface area contributed by atoms with Crippen molar-refractivity contribution < 1.29 is 59.1 Å². The number of nitrogens with two attached hydrogens (primary N) is 1. The number of oxime groups is 1. The molecular weight excluding hydrogens is 741 g/mol. The first-order valence-corrected chi connectivity index (χ1v) is 18.0. The Balaban J connectivity index is 1.20. The highest BCUT2D eigenvalue weighted by molar-refractivity contribution is 8.01. The number of phenols is 2. The molecule has 18 nitrogen and oxygen atoms in total. The minimum absolute atomic E-state index is 0.000658. The van der Waals surface area contributed by atoms with Crippen LogP contribution in [-0.4, -0.2) is 105 Å². The molecule has 2 amide bonds. The summed E-state index contributed by atoms with van der Waals surface area (Å²) >= 11 is 4.44. The Morgan fingerprint density at radius 1 is 1.14 bits per heavy atom. The van der Waals surface area contributed by atoms with Gasteiger partial charge < -0.3 is 46.2 Å². The number of aromatic nitrogens is 2. The zero-order valence-corrected chi connectivity index (χ0v) is 28.4. The van der Waals surface area contributed by atoms with Gasteiger partial charge in [0.1, 0.15) is 17.1 Å². The van der Waals surface area contributed by atoms with Gasteiger partial charge in [-0.25, -0.2) is 19.6 Å². The van der Waals surface area contributed by atoms with E-state index in [2.05, 4.69) is 20.4 Å². The van der Waals surface area contributed by atoms with Gasteiger partial charge in [-0.05, 0) is 18.2 Å². The van der Waals surface area contributed by atoms with Gasteiger partial charge in [-0.2, -0.15) is 0 Å². The highest BCUT2D eigenvalue weighted by atomic mass is 32.2. The number of thioether (sulfide) groups is 2. The summed E-state index contributed by atoms with van der Waals surface area (Å²) in [5.74, 6) is -4.70. The third-order valence-corrected chi connectivity index (χ3v) is 11.8. The molecule has 262 valence electrons. The Labute approximate surface area is 296 Å². The normalized spacial score (nSPS) is 19.3. The molecule has 3 aromatic rings. The second kappa shape index (κ2) is 13.7. The SMILES string of the molecule is Nc1nc(C(=NOC2(C(=O)O)CC2)C(=O)N[C@@H]2C(=O)N3C(OC(=O)O)=C(CSc4nc(-c5ccc(O)c(O)c5)c(CC(=O)O)s4)CS[C@@H]23)cs1. The number of carbonyl (C=O) groups is 5. The minimum atomic E-state index is -1.68. The standard InChI is InChI=1S/C28H24N6O12S4/c29-25-30-12(9-48-25)18(33-46-28(3-4-28)24(41)42)20(39)31-19-21(40)34-22(45-27(43)44)11(7-47-23(19)34)8-49-26-32-17(15(50-26)6-16(37)38)10-1-2-13(35)14(36)5-10/h1-2,5,9,19,23,35-36H,3-4,6-8H2,(H2,29,30)(H,31,39)(H,37,38)(H,41,42)(H,43,44)/t19-,23+/m1/s1. The summed E-state index contributed by atoms with van der Waals surface area (Å²) in [6.45, 7) is 0. The minimum Gasteiger partial charge on any atom is -0.504 e. The first-order valence-electron chi connectivity index (χ1n) is 14.2. The fourth-order valence-corrected chi connectivity index (χ4v) is 9.00. The van der Waals surface area contributed by atoms with Crippen LogP contribution < -0.4 is 11.1 Å².